The van der Waals surface area contributed by atoms with Crippen LogP contribution < -0.4 is 10.2 Å². The summed E-state index contributed by atoms with van der Waals surface area (Å²) < 4.78 is 6.89. The fourth-order valence-corrected chi connectivity index (χ4v) is 1.91. The molecule has 1 atom stereocenters. The molecule has 1 N–H and O–H groups in total. The summed E-state index contributed by atoms with van der Waals surface area (Å²) in [5.41, 5.74) is 0. The number of nitrogens with zero attached hydrogens (tertiary/aromatic N) is 5. The fraction of sp³-hybridized carbons (Fsp3) is 0.231. The summed E-state index contributed by atoms with van der Waals surface area (Å²) in [6, 6.07) is 3.57. The molecule has 3 heterocycles. The van der Waals surface area contributed by atoms with Gasteiger partial charge in [-0.2, -0.15) is 0 Å². The first-order chi connectivity index (χ1) is 10.3. The minimum absolute atomic E-state index is 0.0685. The van der Waals surface area contributed by atoms with Gasteiger partial charge in [0, 0.05) is 18.6 Å². The Morgan fingerprint density at radius 2 is 2.43 bits per heavy atom. The molecule has 1 unspecified atom stereocenters. The predicted molar refractivity (Wildman–Crippen MR) is 76.2 cm³/mol. The SMILES string of the molecule is CCC(=O)NC1C=C(n2ccnn2)N=CN1c1ccco1. The molecule has 1 aliphatic heterocycles. The van der Waals surface area contributed by atoms with Crippen molar-refractivity contribution in [1.29, 1.82) is 0 Å². The van der Waals surface area contributed by atoms with Crippen LogP contribution in [0, 0.1) is 0 Å². The summed E-state index contributed by atoms with van der Waals surface area (Å²) in [5.74, 6) is 1.10. The number of furan rings is 1. The van der Waals surface area contributed by atoms with Gasteiger partial charge in [0.05, 0.1) is 18.7 Å². The molecular weight excluding hydrogens is 272 g/mol. The smallest absolute Gasteiger partial charge is 0.221 e. The number of amides is 1. The van der Waals surface area contributed by atoms with E-state index in [0.29, 0.717) is 18.1 Å². The predicted octanol–water partition coefficient (Wildman–Crippen LogP) is 1.07. The van der Waals surface area contributed by atoms with E-state index in [4.69, 9.17) is 4.42 Å². The third-order valence-corrected chi connectivity index (χ3v) is 2.97. The number of hydrogen-bond donors (Lipinski definition) is 1. The summed E-state index contributed by atoms with van der Waals surface area (Å²) in [6.45, 7) is 1.80. The van der Waals surface area contributed by atoms with E-state index in [1.807, 2.05) is 0 Å². The first kappa shape index (κ1) is 13.1. The number of nitrogens with one attached hydrogen (secondary N) is 1. The molecule has 0 saturated heterocycles. The Kier molecular flexibility index (Phi) is 3.50. The van der Waals surface area contributed by atoms with Crippen molar-refractivity contribution in [3.8, 4) is 0 Å². The third kappa shape index (κ3) is 2.69. The summed E-state index contributed by atoms with van der Waals surface area (Å²) in [7, 11) is 0. The maximum atomic E-state index is 11.7. The molecule has 1 aliphatic rings. The quantitative estimate of drug-likeness (QED) is 0.908. The van der Waals surface area contributed by atoms with E-state index in [1.54, 1.807) is 55.0 Å². The van der Waals surface area contributed by atoms with Gasteiger partial charge in [-0.3, -0.25) is 9.69 Å². The van der Waals surface area contributed by atoms with Crippen LogP contribution in [0.15, 0.2) is 46.3 Å². The Morgan fingerprint density at radius 1 is 1.52 bits per heavy atom. The van der Waals surface area contributed by atoms with Crippen LogP contribution in [0.2, 0.25) is 0 Å². The van der Waals surface area contributed by atoms with E-state index >= 15 is 0 Å². The van der Waals surface area contributed by atoms with E-state index in [0.717, 1.165) is 0 Å². The van der Waals surface area contributed by atoms with Gasteiger partial charge < -0.3 is 9.73 Å². The zero-order chi connectivity index (χ0) is 14.7. The van der Waals surface area contributed by atoms with E-state index < -0.39 is 6.17 Å². The van der Waals surface area contributed by atoms with Crippen LogP contribution in [0.1, 0.15) is 13.3 Å². The Morgan fingerprint density at radius 3 is 3.10 bits per heavy atom. The lowest BCUT2D eigenvalue weighted by Crippen LogP contribution is -2.48. The van der Waals surface area contributed by atoms with E-state index in [9.17, 15) is 4.79 Å². The van der Waals surface area contributed by atoms with Gasteiger partial charge in [0.2, 0.25) is 11.8 Å². The highest BCUT2D eigenvalue weighted by atomic mass is 16.3. The van der Waals surface area contributed by atoms with E-state index in [2.05, 4.69) is 20.6 Å². The molecule has 0 fully saturated rings. The Bertz CT molecular complexity index is 659. The fourth-order valence-electron chi connectivity index (χ4n) is 1.91. The molecule has 8 heteroatoms. The van der Waals surface area contributed by atoms with Crippen molar-refractivity contribution in [2.75, 3.05) is 4.90 Å². The lowest BCUT2D eigenvalue weighted by Gasteiger charge is -2.29. The van der Waals surface area contributed by atoms with Crippen molar-refractivity contribution in [1.82, 2.24) is 20.3 Å². The molecule has 0 saturated carbocycles. The average Bonchev–Trinajstić information content (AvgIpc) is 3.20. The normalized spacial score (nSPS) is 17.7. The van der Waals surface area contributed by atoms with Gasteiger partial charge >= 0.3 is 0 Å². The monoisotopic (exact) mass is 286 g/mol. The number of aromatic nitrogens is 3. The van der Waals surface area contributed by atoms with Crippen LogP contribution in [-0.4, -0.2) is 33.4 Å². The van der Waals surface area contributed by atoms with E-state index in [1.165, 1.54) is 4.68 Å². The standard InChI is InChI=1S/C13H14N6O2/c1-2-12(20)16-11-8-10(19-6-5-15-17-19)14-9-18(11)13-4-3-7-21-13/h3-9,11H,2H2,1H3,(H,16,20). The molecule has 0 radical (unpaired) electrons. The summed E-state index contributed by atoms with van der Waals surface area (Å²) in [6.07, 6.45) is 8.19. The molecule has 0 aromatic carbocycles. The first-order valence-electron chi connectivity index (χ1n) is 6.52. The van der Waals surface area contributed by atoms with Crippen molar-refractivity contribution in [2.45, 2.75) is 19.5 Å². The molecule has 3 rings (SSSR count). The number of rotatable bonds is 4. The lowest BCUT2D eigenvalue weighted by molar-refractivity contribution is -0.121. The second kappa shape index (κ2) is 5.61. The first-order valence-corrected chi connectivity index (χ1v) is 6.52. The van der Waals surface area contributed by atoms with Crippen molar-refractivity contribution >= 4 is 24.0 Å². The van der Waals surface area contributed by atoms with Crippen LogP contribution in [0.5, 0.6) is 0 Å². The van der Waals surface area contributed by atoms with Gasteiger partial charge in [0.1, 0.15) is 12.5 Å². The highest BCUT2D eigenvalue weighted by molar-refractivity contribution is 5.86. The highest BCUT2D eigenvalue weighted by Gasteiger charge is 2.23. The maximum absolute atomic E-state index is 11.7. The van der Waals surface area contributed by atoms with Crippen molar-refractivity contribution < 1.29 is 9.21 Å². The molecular formula is C13H14N6O2. The van der Waals surface area contributed by atoms with Crippen LogP contribution in [0.25, 0.3) is 5.82 Å². The zero-order valence-corrected chi connectivity index (χ0v) is 11.4. The topological polar surface area (TPSA) is 88.5 Å². The number of anilines is 1. The minimum atomic E-state index is -0.403. The number of carbonyl (C=O) groups excluding carboxylic acids is 1. The van der Waals surface area contributed by atoms with Crippen LogP contribution in [0.3, 0.4) is 0 Å². The Labute approximate surface area is 120 Å². The van der Waals surface area contributed by atoms with Gasteiger partial charge in [-0.25, -0.2) is 9.67 Å². The van der Waals surface area contributed by atoms with Gasteiger partial charge in [-0.1, -0.05) is 12.1 Å². The lowest BCUT2D eigenvalue weighted by atomic mass is 10.3. The van der Waals surface area contributed by atoms with Crippen LogP contribution >= 0.6 is 0 Å². The van der Waals surface area contributed by atoms with Crippen molar-refractivity contribution in [2.24, 2.45) is 4.99 Å². The molecule has 2 aromatic rings. The third-order valence-electron chi connectivity index (χ3n) is 2.97. The molecule has 21 heavy (non-hydrogen) atoms. The Balaban J connectivity index is 1.90. The minimum Gasteiger partial charge on any atom is -0.448 e. The molecule has 8 nitrogen and oxygen atoms in total. The van der Waals surface area contributed by atoms with Gasteiger partial charge in [0.25, 0.3) is 0 Å². The summed E-state index contributed by atoms with van der Waals surface area (Å²) in [5, 5.41) is 10.5. The van der Waals surface area contributed by atoms with Gasteiger partial charge in [-0.05, 0) is 6.07 Å². The largest absolute Gasteiger partial charge is 0.448 e. The number of hydrogen-bond acceptors (Lipinski definition) is 6. The van der Waals surface area contributed by atoms with Crippen molar-refractivity contribution in [3.63, 3.8) is 0 Å². The number of aliphatic imine (C=N–C) groups is 1. The maximum Gasteiger partial charge on any atom is 0.221 e. The molecule has 1 amide bonds. The molecule has 2 aromatic heterocycles. The molecule has 108 valence electrons. The van der Waals surface area contributed by atoms with Gasteiger partial charge in [-0.15, -0.1) is 5.10 Å². The average molecular weight is 286 g/mol. The zero-order valence-electron chi connectivity index (χ0n) is 11.4. The summed E-state index contributed by atoms with van der Waals surface area (Å²) >= 11 is 0. The molecule has 0 aliphatic carbocycles. The second-order valence-corrected chi connectivity index (χ2v) is 4.34. The van der Waals surface area contributed by atoms with E-state index in [-0.39, 0.29) is 5.91 Å². The number of carbonyl (C=O) groups is 1. The van der Waals surface area contributed by atoms with Crippen molar-refractivity contribution in [3.05, 3.63) is 36.9 Å². The molecule has 0 bridgehead atoms. The Hall–Kier alpha value is -2.90. The van der Waals surface area contributed by atoms with Crippen LogP contribution in [0.4, 0.5) is 5.88 Å². The highest BCUT2D eigenvalue weighted by Crippen LogP contribution is 2.21. The van der Waals surface area contributed by atoms with Gasteiger partial charge in [0.15, 0.2) is 5.82 Å². The molecule has 0 spiro atoms. The summed E-state index contributed by atoms with van der Waals surface area (Å²) in [4.78, 5) is 17.7. The second-order valence-electron chi connectivity index (χ2n) is 4.34. The van der Waals surface area contributed by atoms with Crippen LogP contribution in [-0.2, 0) is 4.79 Å².